The van der Waals surface area contributed by atoms with E-state index in [0.29, 0.717) is 18.9 Å². The Balaban J connectivity index is 1.72. The zero-order valence-electron chi connectivity index (χ0n) is 19.7. The maximum Gasteiger partial charge on any atom is 0.335 e. The van der Waals surface area contributed by atoms with Crippen molar-refractivity contribution in [1.29, 1.82) is 0 Å². The summed E-state index contributed by atoms with van der Waals surface area (Å²) in [5.41, 5.74) is 4.48. The number of aromatic nitrogens is 2. The molecule has 0 radical (unpaired) electrons. The van der Waals surface area contributed by atoms with Gasteiger partial charge in [-0.15, -0.1) is 0 Å². The summed E-state index contributed by atoms with van der Waals surface area (Å²) in [6.45, 7) is 5.97. The molecule has 0 bridgehead atoms. The van der Waals surface area contributed by atoms with Crippen molar-refractivity contribution in [2.75, 3.05) is 18.5 Å². The van der Waals surface area contributed by atoms with Gasteiger partial charge in [-0.3, -0.25) is 14.0 Å². The minimum Gasteiger partial charge on any atom is -0.323 e. The normalized spacial score (nSPS) is 12.1. The maximum atomic E-state index is 13.3. The van der Waals surface area contributed by atoms with Crippen LogP contribution in [-0.2, 0) is 31.6 Å². The minimum absolute atomic E-state index is 0.162. The molecule has 1 amide bonds. The lowest BCUT2D eigenvalue weighted by atomic mass is 10.0. The second-order valence-electron chi connectivity index (χ2n) is 7.66. The van der Waals surface area contributed by atoms with Gasteiger partial charge in [-0.1, -0.05) is 12.1 Å². The number of anilines is 1. The molecule has 180 valence electrons. The van der Waals surface area contributed by atoms with Crippen molar-refractivity contribution in [2.45, 2.75) is 26.9 Å². The molecule has 0 fully saturated rings. The third-order valence-electron chi connectivity index (χ3n) is 5.08. The Bertz CT molecular complexity index is 1190. The van der Waals surface area contributed by atoms with Crippen LogP contribution >= 0.6 is 7.60 Å². The van der Waals surface area contributed by atoms with E-state index in [9.17, 15) is 13.8 Å². The molecule has 1 N–H and O–H groups in total. The van der Waals surface area contributed by atoms with E-state index in [1.807, 2.05) is 6.92 Å². The van der Waals surface area contributed by atoms with Crippen LogP contribution in [0, 0.1) is 5.82 Å². The van der Waals surface area contributed by atoms with Crippen LogP contribution in [0.1, 0.15) is 31.9 Å². The fourth-order valence-corrected chi connectivity index (χ4v) is 5.27. The summed E-state index contributed by atoms with van der Waals surface area (Å²) >= 11 is 0. The number of benzene rings is 2. The molecule has 0 saturated carbocycles. The quantitative estimate of drug-likeness (QED) is 0.280. The fraction of sp³-hybridized carbons (Fsp3) is 0.280. The Kier molecular flexibility index (Phi) is 8.56. The molecule has 1 heterocycles. The Morgan fingerprint density at radius 3 is 2.29 bits per heavy atom. The van der Waals surface area contributed by atoms with Crippen LogP contribution in [0.5, 0.6) is 0 Å². The van der Waals surface area contributed by atoms with E-state index in [-0.39, 0.29) is 17.9 Å². The first kappa shape index (κ1) is 25.6. The lowest BCUT2D eigenvalue weighted by Gasteiger charge is -2.17. The smallest absolute Gasteiger partial charge is 0.323 e. The van der Waals surface area contributed by atoms with Gasteiger partial charge in [0.1, 0.15) is 5.82 Å². The predicted molar refractivity (Wildman–Crippen MR) is 132 cm³/mol. The predicted octanol–water partition coefficient (Wildman–Crippen LogP) is 6.03. The van der Waals surface area contributed by atoms with E-state index in [4.69, 9.17) is 9.05 Å². The Morgan fingerprint density at radius 2 is 1.71 bits per heavy atom. The monoisotopic (exact) mass is 485 g/mol. The SMILES string of the molecule is CCOP(=O)(Cc1ccc(NC(=O)/C=C(/C)c2cnn(C)c2-c2ccc(F)cc2)cc1)OCC. The first-order valence-corrected chi connectivity index (χ1v) is 12.7. The maximum absolute atomic E-state index is 13.3. The molecule has 0 aliphatic rings. The number of halogens is 1. The van der Waals surface area contributed by atoms with Crippen molar-refractivity contribution >= 4 is 24.8 Å². The Morgan fingerprint density at radius 1 is 1.09 bits per heavy atom. The molecule has 0 aliphatic carbocycles. The minimum atomic E-state index is -3.19. The second-order valence-corrected chi connectivity index (χ2v) is 9.71. The molecule has 7 nitrogen and oxygen atoms in total. The molecule has 2 aromatic carbocycles. The number of allylic oxidation sites excluding steroid dienone is 1. The van der Waals surface area contributed by atoms with Gasteiger partial charge < -0.3 is 14.4 Å². The zero-order chi connectivity index (χ0) is 24.7. The van der Waals surface area contributed by atoms with Gasteiger partial charge in [-0.2, -0.15) is 5.10 Å². The average molecular weight is 485 g/mol. The van der Waals surface area contributed by atoms with Crippen molar-refractivity contribution in [3.05, 3.63) is 77.7 Å². The number of hydrogen-bond acceptors (Lipinski definition) is 5. The van der Waals surface area contributed by atoms with Crippen LogP contribution in [0.2, 0.25) is 0 Å². The van der Waals surface area contributed by atoms with Gasteiger partial charge in [0.2, 0.25) is 5.91 Å². The fourth-order valence-electron chi connectivity index (χ4n) is 3.57. The standard InChI is InChI=1S/C25H29FN3O4P/c1-5-32-34(31,33-6-2)17-19-7-13-22(14-8-19)28-24(30)15-18(3)23-16-27-29(4)25(23)20-9-11-21(26)12-10-20/h7-16H,5-6,17H2,1-4H3,(H,28,30)/b18-15-. The van der Waals surface area contributed by atoms with E-state index in [0.717, 1.165) is 28.0 Å². The largest absolute Gasteiger partial charge is 0.335 e. The molecule has 0 unspecified atom stereocenters. The summed E-state index contributed by atoms with van der Waals surface area (Å²) in [6, 6.07) is 13.2. The van der Waals surface area contributed by atoms with Crippen LogP contribution < -0.4 is 5.32 Å². The van der Waals surface area contributed by atoms with Gasteiger partial charge in [-0.05, 0) is 68.3 Å². The number of amides is 1. The molecule has 0 spiro atoms. The number of nitrogens with one attached hydrogen (secondary N) is 1. The first-order valence-electron chi connectivity index (χ1n) is 11.0. The van der Waals surface area contributed by atoms with Gasteiger partial charge in [0, 0.05) is 29.9 Å². The molecule has 1 aromatic heterocycles. The summed E-state index contributed by atoms with van der Waals surface area (Å²) in [6.07, 6.45) is 3.34. The number of carbonyl (C=O) groups is 1. The van der Waals surface area contributed by atoms with Crippen LogP contribution in [0.15, 0.2) is 60.8 Å². The molecule has 9 heteroatoms. The molecule has 34 heavy (non-hydrogen) atoms. The second kappa shape index (κ2) is 11.4. The number of carbonyl (C=O) groups excluding carboxylic acids is 1. The van der Waals surface area contributed by atoms with Crippen molar-refractivity contribution in [1.82, 2.24) is 9.78 Å². The van der Waals surface area contributed by atoms with E-state index >= 15 is 0 Å². The van der Waals surface area contributed by atoms with E-state index in [1.54, 1.807) is 68.2 Å². The highest BCUT2D eigenvalue weighted by atomic mass is 31.2. The van der Waals surface area contributed by atoms with Gasteiger partial charge in [0.05, 0.1) is 31.3 Å². The molecule has 0 aliphatic heterocycles. The molecule has 3 aromatic rings. The topological polar surface area (TPSA) is 82.5 Å². The van der Waals surface area contributed by atoms with Crippen molar-refractivity contribution in [3.8, 4) is 11.3 Å². The number of hydrogen-bond donors (Lipinski definition) is 1. The summed E-state index contributed by atoms with van der Waals surface area (Å²) in [5.74, 6) is -0.614. The number of rotatable bonds is 10. The average Bonchev–Trinajstić information content (AvgIpc) is 3.17. The summed E-state index contributed by atoms with van der Waals surface area (Å²) in [7, 11) is -1.39. The number of aryl methyl sites for hydroxylation is 1. The molecular formula is C25H29FN3O4P. The highest BCUT2D eigenvalue weighted by Crippen LogP contribution is 2.51. The lowest BCUT2D eigenvalue weighted by Crippen LogP contribution is -2.08. The zero-order valence-corrected chi connectivity index (χ0v) is 20.6. The van der Waals surface area contributed by atoms with Crippen molar-refractivity contribution < 1.29 is 22.8 Å². The molecule has 0 atom stereocenters. The summed E-state index contributed by atoms with van der Waals surface area (Å²) < 4.78 is 38.4. The van der Waals surface area contributed by atoms with Crippen LogP contribution in [0.3, 0.4) is 0 Å². The third-order valence-corrected chi connectivity index (χ3v) is 7.13. The van der Waals surface area contributed by atoms with Crippen molar-refractivity contribution in [3.63, 3.8) is 0 Å². The Hall–Kier alpha value is -3.06. The van der Waals surface area contributed by atoms with Crippen molar-refractivity contribution in [2.24, 2.45) is 7.05 Å². The van der Waals surface area contributed by atoms with Crippen LogP contribution in [-0.4, -0.2) is 28.9 Å². The van der Waals surface area contributed by atoms with Gasteiger partial charge >= 0.3 is 7.60 Å². The lowest BCUT2D eigenvalue weighted by molar-refractivity contribution is -0.111. The summed E-state index contributed by atoms with van der Waals surface area (Å²) in [4.78, 5) is 12.6. The van der Waals surface area contributed by atoms with Gasteiger partial charge in [0.15, 0.2) is 0 Å². The highest BCUT2D eigenvalue weighted by Gasteiger charge is 2.24. The molecule has 0 saturated heterocycles. The van der Waals surface area contributed by atoms with E-state index in [1.165, 1.54) is 18.2 Å². The van der Waals surface area contributed by atoms with Gasteiger partial charge in [-0.25, -0.2) is 4.39 Å². The van der Waals surface area contributed by atoms with Crippen LogP contribution in [0.25, 0.3) is 16.8 Å². The van der Waals surface area contributed by atoms with E-state index < -0.39 is 7.60 Å². The van der Waals surface area contributed by atoms with Gasteiger partial charge in [0.25, 0.3) is 0 Å². The first-order chi connectivity index (χ1) is 16.2. The molecule has 3 rings (SSSR count). The molecular weight excluding hydrogens is 456 g/mol. The summed E-state index contributed by atoms with van der Waals surface area (Å²) in [5, 5.41) is 7.13. The highest BCUT2D eigenvalue weighted by molar-refractivity contribution is 7.53. The van der Waals surface area contributed by atoms with E-state index in [2.05, 4.69) is 10.4 Å². The third kappa shape index (κ3) is 6.50. The number of nitrogens with zero attached hydrogens (tertiary/aromatic N) is 2. The van der Waals surface area contributed by atoms with Crippen LogP contribution in [0.4, 0.5) is 10.1 Å². The Labute approximate surface area is 199 Å².